The lowest BCUT2D eigenvalue weighted by atomic mass is 10.0. The predicted molar refractivity (Wildman–Crippen MR) is 53.1 cm³/mol. The Morgan fingerprint density at radius 1 is 1.58 bits per heavy atom. The van der Waals surface area contributed by atoms with E-state index in [4.69, 9.17) is 0 Å². The number of pyridine rings is 1. The van der Waals surface area contributed by atoms with Gasteiger partial charge >= 0.3 is 0 Å². The minimum atomic E-state index is 1.10. The van der Waals surface area contributed by atoms with E-state index in [9.17, 15) is 0 Å². The van der Waals surface area contributed by atoms with Gasteiger partial charge in [-0.3, -0.25) is 4.98 Å². The Kier molecular flexibility index (Phi) is 3.03. The number of hydrogen-bond acceptors (Lipinski definition) is 1. The van der Waals surface area contributed by atoms with E-state index in [-0.39, 0.29) is 0 Å². The van der Waals surface area contributed by atoms with Crippen LogP contribution in [0, 0.1) is 6.92 Å². The molecular weight excluding hydrogens is 146 g/mol. The first-order chi connectivity index (χ1) is 5.79. The van der Waals surface area contributed by atoms with Crippen LogP contribution in [0.25, 0.3) is 6.08 Å². The highest BCUT2D eigenvalue weighted by molar-refractivity contribution is 5.52. The Hall–Kier alpha value is -1.11. The SMILES string of the molecule is C=Cc1ccnc(C)c1CCC. The smallest absolute Gasteiger partial charge is 0.0410 e. The zero-order chi connectivity index (χ0) is 8.97. The molecule has 0 spiro atoms. The van der Waals surface area contributed by atoms with E-state index in [0.717, 1.165) is 18.5 Å². The number of nitrogens with zero attached hydrogens (tertiary/aromatic N) is 1. The van der Waals surface area contributed by atoms with Crippen LogP contribution in [0.4, 0.5) is 0 Å². The fraction of sp³-hybridized carbons (Fsp3) is 0.364. The first kappa shape index (κ1) is 8.98. The van der Waals surface area contributed by atoms with Gasteiger partial charge in [-0.25, -0.2) is 0 Å². The van der Waals surface area contributed by atoms with Gasteiger partial charge in [0.15, 0.2) is 0 Å². The molecule has 0 saturated carbocycles. The fourth-order valence-corrected chi connectivity index (χ4v) is 1.38. The number of aromatic nitrogens is 1. The van der Waals surface area contributed by atoms with Gasteiger partial charge in [-0.15, -0.1) is 0 Å². The molecule has 0 aliphatic rings. The van der Waals surface area contributed by atoms with Gasteiger partial charge in [-0.2, -0.15) is 0 Å². The summed E-state index contributed by atoms with van der Waals surface area (Å²) in [7, 11) is 0. The molecule has 1 heteroatoms. The van der Waals surface area contributed by atoms with E-state index in [1.807, 2.05) is 18.3 Å². The predicted octanol–water partition coefficient (Wildman–Crippen LogP) is 2.99. The second-order valence-corrected chi connectivity index (χ2v) is 2.92. The number of hydrogen-bond donors (Lipinski definition) is 0. The van der Waals surface area contributed by atoms with Crippen molar-refractivity contribution in [2.24, 2.45) is 0 Å². The molecule has 0 N–H and O–H groups in total. The molecule has 0 aromatic carbocycles. The van der Waals surface area contributed by atoms with Crippen molar-refractivity contribution in [2.45, 2.75) is 26.7 Å². The molecule has 0 aliphatic carbocycles. The highest BCUT2D eigenvalue weighted by atomic mass is 14.7. The molecular formula is C11H15N. The summed E-state index contributed by atoms with van der Waals surface area (Å²) in [5.74, 6) is 0. The second-order valence-electron chi connectivity index (χ2n) is 2.92. The summed E-state index contributed by atoms with van der Waals surface area (Å²) >= 11 is 0. The summed E-state index contributed by atoms with van der Waals surface area (Å²) in [4.78, 5) is 4.26. The highest BCUT2D eigenvalue weighted by Crippen LogP contribution is 2.14. The van der Waals surface area contributed by atoms with Crippen LogP contribution in [-0.2, 0) is 6.42 Å². The van der Waals surface area contributed by atoms with Crippen molar-refractivity contribution in [1.29, 1.82) is 0 Å². The molecule has 1 aromatic rings. The Bertz CT molecular complexity index is 276. The van der Waals surface area contributed by atoms with Crippen LogP contribution in [-0.4, -0.2) is 4.98 Å². The summed E-state index contributed by atoms with van der Waals surface area (Å²) in [5.41, 5.74) is 3.70. The van der Waals surface area contributed by atoms with E-state index in [1.165, 1.54) is 11.1 Å². The van der Waals surface area contributed by atoms with Gasteiger partial charge < -0.3 is 0 Å². The van der Waals surface area contributed by atoms with E-state index < -0.39 is 0 Å². The summed E-state index contributed by atoms with van der Waals surface area (Å²) < 4.78 is 0. The summed E-state index contributed by atoms with van der Waals surface area (Å²) in [5, 5.41) is 0. The van der Waals surface area contributed by atoms with Gasteiger partial charge in [0, 0.05) is 11.9 Å². The zero-order valence-corrected chi connectivity index (χ0v) is 7.80. The number of rotatable bonds is 3. The van der Waals surface area contributed by atoms with E-state index >= 15 is 0 Å². The molecule has 0 amide bonds. The molecule has 1 heterocycles. The second kappa shape index (κ2) is 4.05. The summed E-state index contributed by atoms with van der Waals surface area (Å²) in [6.07, 6.45) is 6.00. The van der Waals surface area contributed by atoms with Gasteiger partial charge in [0.05, 0.1) is 0 Å². The van der Waals surface area contributed by atoms with Crippen molar-refractivity contribution in [3.8, 4) is 0 Å². The monoisotopic (exact) mass is 161 g/mol. The average Bonchev–Trinajstić information content (AvgIpc) is 2.09. The molecule has 0 fully saturated rings. The molecule has 0 atom stereocenters. The molecule has 0 aliphatic heterocycles. The fourth-order valence-electron chi connectivity index (χ4n) is 1.38. The first-order valence-corrected chi connectivity index (χ1v) is 4.36. The maximum Gasteiger partial charge on any atom is 0.0410 e. The lowest BCUT2D eigenvalue weighted by Crippen LogP contribution is -1.95. The Morgan fingerprint density at radius 2 is 2.33 bits per heavy atom. The van der Waals surface area contributed by atoms with Crippen LogP contribution in [0.5, 0.6) is 0 Å². The Labute approximate surface area is 74.2 Å². The quantitative estimate of drug-likeness (QED) is 0.664. The van der Waals surface area contributed by atoms with Crippen LogP contribution in [0.3, 0.4) is 0 Å². The molecule has 0 unspecified atom stereocenters. The van der Waals surface area contributed by atoms with Crippen molar-refractivity contribution in [2.75, 3.05) is 0 Å². The third-order valence-corrected chi connectivity index (χ3v) is 2.03. The molecule has 1 aromatic heterocycles. The minimum absolute atomic E-state index is 1.10. The normalized spacial score (nSPS) is 9.83. The van der Waals surface area contributed by atoms with Gasteiger partial charge in [0.1, 0.15) is 0 Å². The van der Waals surface area contributed by atoms with Crippen LogP contribution in [0.15, 0.2) is 18.8 Å². The molecule has 1 rings (SSSR count). The van der Waals surface area contributed by atoms with E-state index in [1.54, 1.807) is 0 Å². The van der Waals surface area contributed by atoms with E-state index in [2.05, 4.69) is 25.4 Å². The molecule has 0 saturated heterocycles. The third-order valence-electron chi connectivity index (χ3n) is 2.03. The lowest BCUT2D eigenvalue weighted by molar-refractivity contribution is 0.896. The summed E-state index contributed by atoms with van der Waals surface area (Å²) in [6, 6.07) is 2.02. The van der Waals surface area contributed by atoms with Crippen LogP contribution < -0.4 is 0 Å². The topological polar surface area (TPSA) is 12.9 Å². The van der Waals surface area contributed by atoms with Crippen molar-refractivity contribution in [3.05, 3.63) is 35.7 Å². The molecule has 0 radical (unpaired) electrons. The molecule has 0 bridgehead atoms. The van der Waals surface area contributed by atoms with Gasteiger partial charge in [0.25, 0.3) is 0 Å². The third kappa shape index (κ3) is 1.73. The van der Waals surface area contributed by atoms with Gasteiger partial charge in [-0.1, -0.05) is 26.0 Å². The maximum absolute atomic E-state index is 4.26. The number of aryl methyl sites for hydroxylation is 1. The minimum Gasteiger partial charge on any atom is -0.261 e. The van der Waals surface area contributed by atoms with Crippen molar-refractivity contribution in [3.63, 3.8) is 0 Å². The molecule has 64 valence electrons. The largest absolute Gasteiger partial charge is 0.261 e. The van der Waals surface area contributed by atoms with Crippen LogP contribution in [0.2, 0.25) is 0 Å². The standard InChI is InChI=1S/C11H15N/c1-4-6-11-9(3)12-8-7-10(11)5-2/h5,7-8H,2,4,6H2,1,3H3. The molecule has 1 nitrogen and oxygen atoms in total. The lowest BCUT2D eigenvalue weighted by Gasteiger charge is -2.06. The van der Waals surface area contributed by atoms with Crippen LogP contribution in [0.1, 0.15) is 30.2 Å². The van der Waals surface area contributed by atoms with E-state index in [0.29, 0.717) is 0 Å². The van der Waals surface area contributed by atoms with Crippen molar-refractivity contribution >= 4 is 6.08 Å². The highest BCUT2D eigenvalue weighted by Gasteiger charge is 2.01. The molecule has 12 heavy (non-hydrogen) atoms. The van der Waals surface area contributed by atoms with Crippen molar-refractivity contribution in [1.82, 2.24) is 4.98 Å². The first-order valence-electron chi connectivity index (χ1n) is 4.36. The Morgan fingerprint density at radius 3 is 2.92 bits per heavy atom. The van der Waals surface area contributed by atoms with Crippen LogP contribution >= 0.6 is 0 Å². The van der Waals surface area contributed by atoms with Gasteiger partial charge in [-0.05, 0) is 30.5 Å². The van der Waals surface area contributed by atoms with Crippen molar-refractivity contribution < 1.29 is 0 Å². The summed E-state index contributed by atoms with van der Waals surface area (Å²) in [6.45, 7) is 8.02. The zero-order valence-electron chi connectivity index (χ0n) is 7.80. The van der Waals surface area contributed by atoms with Gasteiger partial charge in [0.2, 0.25) is 0 Å². The average molecular weight is 161 g/mol. The maximum atomic E-state index is 4.26. The Balaban J connectivity index is 3.10.